The lowest BCUT2D eigenvalue weighted by atomic mass is 10.2. The Morgan fingerprint density at radius 2 is 1.95 bits per heavy atom. The second-order valence-corrected chi connectivity index (χ2v) is 4.49. The number of aryl methyl sites for hydroxylation is 1. The van der Waals surface area contributed by atoms with Crippen LogP contribution in [0.4, 0.5) is 5.69 Å². The number of H-pyrrole nitrogens is 1. The van der Waals surface area contributed by atoms with E-state index >= 15 is 0 Å². The molecule has 0 fully saturated rings. The zero-order chi connectivity index (χ0) is 14.1. The molecule has 0 aliphatic carbocycles. The Morgan fingerprint density at radius 3 is 2.70 bits per heavy atom. The second-order valence-electron chi connectivity index (χ2n) is 4.49. The molecule has 20 heavy (non-hydrogen) atoms. The van der Waals surface area contributed by atoms with E-state index in [4.69, 9.17) is 0 Å². The molecule has 0 aliphatic heterocycles. The topological polar surface area (TPSA) is 79.3 Å². The number of benzene rings is 1. The Kier molecular flexibility index (Phi) is 2.83. The van der Waals surface area contributed by atoms with Crippen molar-refractivity contribution in [1.82, 2.24) is 14.6 Å². The molecule has 2 N–H and O–H groups in total. The minimum Gasteiger partial charge on any atom is -0.322 e. The van der Waals surface area contributed by atoms with Crippen molar-refractivity contribution in [3.05, 3.63) is 64.2 Å². The Bertz CT molecular complexity index is 830. The van der Waals surface area contributed by atoms with Gasteiger partial charge < -0.3 is 5.32 Å². The fourth-order valence-corrected chi connectivity index (χ4v) is 1.88. The first-order chi connectivity index (χ1) is 9.63. The molecule has 1 aromatic carbocycles. The number of fused-ring (bicyclic) bond motifs is 1. The molecule has 1 amide bonds. The molecular formula is C14H12N4O2. The molecule has 0 aliphatic rings. The van der Waals surface area contributed by atoms with Crippen LogP contribution in [0.1, 0.15) is 15.9 Å². The highest BCUT2D eigenvalue weighted by Crippen LogP contribution is 2.11. The first-order valence-electron chi connectivity index (χ1n) is 6.08. The maximum absolute atomic E-state index is 12.1. The van der Waals surface area contributed by atoms with Crippen molar-refractivity contribution >= 4 is 17.2 Å². The molecule has 6 heteroatoms. The van der Waals surface area contributed by atoms with Crippen molar-refractivity contribution in [2.75, 3.05) is 5.32 Å². The van der Waals surface area contributed by atoms with Gasteiger partial charge in [-0.1, -0.05) is 17.7 Å². The van der Waals surface area contributed by atoms with Crippen molar-refractivity contribution in [3.8, 4) is 0 Å². The predicted octanol–water partition coefficient (Wildman–Crippen LogP) is 1.58. The number of nitrogens with one attached hydrogen (secondary N) is 2. The molecule has 0 saturated carbocycles. The van der Waals surface area contributed by atoms with Gasteiger partial charge in [-0.05, 0) is 31.2 Å². The highest BCUT2D eigenvalue weighted by Gasteiger charge is 2.08. The van der Waals surface area contributed by atoms with Gasteiger partial charge >= 0.3 is 5.69 Å². The molecule has 3 aromatic rings. The Labute approximate surface area is 114 Å². The molecule has 6 nitrogen and oxygen atoms in total. The van der Waals surface area contributed by atoms with Gasteiger partial charge in [0.1, 0.15) is 0 Å². The summed E-state index contributed by atoms with van der Waals surface area (Å²) in [7, 11) is 0. The van der Waals surface area contributed by atoms with E-state index in [-0.39, 0.29) is 11.6 Å². The van der Waals surface area contributed by atoms with Crippen LogP contribution in [0, 0.1) is 6.92 Å². The first-order valence-corrected chi connectivity index (χ1v) is 6.08. The number of carbonyl (C=O) groups is 1. The van der Waals surface area contributed by atoms with E-state index in [2.05, 4.69) is 15.5 Å². The molecule has 0 spiro atoms. The van der Waals surface area contributed by atoms with E-state index in [1.807, 2.05) is 31.2 Å². The molecule has 3 rings (SSSR count). The van der Waals surface area contributed by atoms with Crippen LogP contribution in [0.25, 0.3) is 5.65 Å². The lowest BCUT2D eigenvalue weighted by Crippen LogP contribution is -2.15. The number of carbonyl (C=O) groups excluding carboxylic acids is 1. The molecule has 0 atom stereocenters. The van der Waals surface area contributed by atoms with Crippen LogP contribution in [0.15, 0.2) is 47.4 Å². The van der Waals surface area contributed by atoms with Crippen molar-refractivity contribution in [2.45, 2.75) is 6.92 Å². The number of anilines is 1. The summed E-state index contributed by atoms with van der Waals surface area (Å²) in [5.41, 5.74) is 2.32. The number of rotatable bonds is 2. The number of aromatic amines is 1. The van der Waals surface area contributed by atoms with Crippen LogP contribution < -0.4 is 11.0 Å². The SMILES string of the molecule is Cc1ccc(NC(=O)c2ccc3n[nH]c(=O)n3c2)cc1. The molecule has 0 bridgehead atoms. The molecule has 100 valence electrons. The van der Waals surface area contributed by atoms with Crippen LogP contribution in [0.3, 0.4) is 0 Å². The van der Waals surface area contributed by atoms with E-state index in [1.165, 1.54) is 10.6 Å². The smallest absolute Gasteiger partial charge is 0.322 e. The number of hydrogen-bond donors (Lipinski definition) is 2. The predicted molar refractivity (Wildman–Crippen MR) is 74.9 cm³/mol. The highest BCUT2D eigenvalue weighted by atomic mass is 16.2. The largest absolute Gasteiger partial charge is 0.347 e. The minimum absolute atomic E-state index is 0.274. The van der Waals surface area contributed by atoms with Gasteiger partial charge in [0.15, 0.2) is 5.65 Å². The molecule has 0 saturated heterocycles. The van der Waals surface area contributed by atoms with Crippen molar-refractivity contribution in [1.29, 1.82) is 0 Å². The minimum atomic E-state index is -0.370. The maximum Gasteiger partial charge on any atom is 0.347 e. The zero-order valence-corrected chi connectivity index (χ0v) is 10.8. The van der Waals surface area contributed by atoms with Gasteiger partial charge in [-0.3, -0.25) is 4.79 Å². The zero-order valence-electron chi connectivity index (χ0n) is 10.8. The van der Waals surface area contributed by atoms with E-state index in [0.717, 1.165) is 5.56 Å². The number of hydrogen-bond acceptors (Lipinski definition) is 3. The number of nitrogens with zero attached hydrogens (tertiary/aromatic N) is 2. The van der Waals surface area contributed by atoms with Gasteiger partial charge in [0, 0.05) is 11.9 Å². The third-order valence-corrected chi connectivity index (χ3v) is 2.98. The summed E-state index contributed by atoms with van der Waals surface area (Å²) in [5, 5.41) is 8.91. The Balaban J connectivity index is 1.90. The number of pyridine rings is 1. The van der Waals surface area contributed by atoms with Gasteiger partial charge in [-0.15, -0.1) is 0 Å². The van der Waals surface area contributed by atoms with Crippen molar-refractivity contribution < 1.29 is 4.79 Å². The third kappa shape index (κ3) is 2.18. The summed E-state index contributed by atoms with van der Waals surface area (Å²) >= 11 is 0. The van der Waals surface area contributed by atoms with Gasteiger partial charge in [0.05, 0.1) is 5.56 Å². The van der Waals surface area contributed by atoms with Crippen LogP contribution >= 0.6 is 0 Å². The lowest BCUT2D eigenvalue weighted by molar-refractivity contribution is 0.102. The molecule has 2 heterocycles. The van der Waals surface area contributed by atoms with E-state index in [1.54, 1.807) is 12.1 Å². The standard InChI is InChI=1S/C14H12N4O2/c1-9-2-5-11(6-3-9)15-13(19)10-4-7-12-16-17-14(20)18(12)8-10/h2-8H,1H3,(H,15,19)(H,17,20). The fourth-order valence-electron chi connectivity index (χ4n) is 1.88. The normalized spacial score (nSPS) is 10.7. The highest BCUT2D eigenvalue weighted by molar-refractivity contribution is 6.04. The summed E-state index contributed by atoms with van der Waals surface area (Å²) in [5.74, 6) is -0.274. The second kappa shape index (κ2) is 4.65. The Morgan fingerprint density at radius 1 is 1.20 bits per heavy atom. The van der Waals surface area contributed by atoms with E-state index in [0.29, 0.717) is 16.9 Å². The molecule has 2 aromatic heterocycles. The van der Waals surface area contributed by atoms with E-state index in [9.17, 15) is 9.59 Å². The quantitative estimate of drug-likeness (QED) is 0.740. The monoisotopic (exact) mass is 268 g/mol. The van der Waals surface area contributed by atoms with Crippen molar-refractivity contribution in [2.24, 2.45) is 0 Å². The van der Waals surface area contributed by atoms with Gasteiger partial charge in [0.25, 0.3) is 5.91 Å². The van der Waals surface area contributed by atoms with Gasteiger partial charge in [-0.25, -0.2) is 14.3 Å². The first kappa shape index (κ1) is 12.2. The van der Waals surface area contributed by atoms with Crippen LogP contribution in [-0.2, 0) is 0 Å². The summed E-state index contributed by atoms with van der Waals surface area (Å²) < 4.78 is 1.30. The van der Waals surface area contributed by atoms with Crippen LogP contribution in [-0.4, -0.2) is 20.5 Å². The van der Waals surface area contributed by atoms with Gasteiger partial charge in [0.2, 0.25) is 0 Å². The van der Waals surface area contributed by atoms with Crippen LogP contribution in [0.5, 0.6) is 0 Å². The lowest BCUT2D eigenvalue weighted by Gasteiger charge is -2.05. The summed E-state index contributed by atoms with van der Waals surface area (Å²) in [4.78, 5) is 23.6. The summed E-state index contributed by atoms with van der Waals surface area (Å²) in [6, 6.07) is 10.7. The van der Waals surface area contributed by atoms with Crippen LogP contribution in [0.2, 0.25) is 0 Å². The molecule has 0 radical (unpaired) electrons. The molecular weight excluding hydrogens is 256 g/mol. The fraction of sp³-hybridized carbons (Fsp3) is 0.0714. The molecule has 0 unspecified atom stereocenters. The summed E-state index contributed by atoms with van der Waals surface area (Å²) in [6.07, 6.45) is 1.46. The Hall–Kier alpha value is -2.89. The van der Waals surface area contributed by atoms with E-state index < -0.39 is 0 Å². The third-order valence-electron chi connectivity index (χ3n) is 2.98. The van der Waals surface area contributed by atoms with Crippen molar-refractivity contribution in [3.63, 3.8) is 0 Å². The van der Waals surface area contributed by atoms with Gasteiger partial charge in [-0.2, -0.15) is 5.10 Å². The summed E-state index contributed by atoms with van der Waals surface area (Å²) in [6.45, 7) is 1.98. The maximum atomic E-state index is 12.1. The number of aromatic nitrogens is 3. The average Bonchev–Trinajstić information content (AvgIpc) is 2.82. The number of amides is 1. The average molecular weight is 268 g/mol.